The second-order valence-electron chi connectivity index (χ2n) is 3.26. The van der Waals surface area contributed by atoms with E-state index in [9.17, 15) is 19.2 Å². The van der Waals surface area contributed by atoms with Crippen LogP contribution in [0.15, 0.2) is 0 Å². The third-order valence-corrected chi connectivity index (χ3v) is 2.07. The summed E-state index contributed by atoms with van der Waals surface area (Å²) in [4.78, 5) is 45.7. The standard InChI is InChI=1S/C9H12N2O5/c1-3-4-5-16-9(15)11-7(13)6(12)10(2)8(11)14/h3-5H2,1-2H3. The summed E-state index contributed by atoms with van der Waals surface area (Å²) >= 11 is 0. The number of nitrogens with zero attached hydrogens (tertiary/aromatic N) is 2. The lowest BCUT2D eigenvalue weighted by molar-refractivity contribution is -0.142. The molecule has 0 bridgehead atoms. The lowest BCUT2D eigenvalue weighted by Gasteiger charge is -2.10. The topological polar surface area (TPSA) is 84.0 Å². The molecule has 1 aliphatic heterocycles. The fourth-order valence-electron chi connectivity index (χ4n) is 1.09. The molecular formula is C9H12N2O5. The summed E-state index contributed by atoms with van der Waals surface area (Å²) in [6.45, 7) is 2.02. The number of carbonyl (C=O) groups is 4. The van der Waals surface area contributed by atoms with E-state index in [0.717, 1.165) is 13.5 Å². The molecule has 1 heterocycles. The van der Waals surface area contributed by atoms with Crippen molar-refractivity contribution in [3.63, 3.8) is 0 Å². The summed E-state index contributed by atoms with van der Waals surface area (Å²) in [6.07, 6.45) is 0.348. The zero-order chi connectivity index (χ0) is 12.3. The average molecular weight is 228 g/mol. The molecule has 16 heavy (non-hydrogen) atoms. The Morgan fingerprint density at radius 2 is 1.88 bits per heavy atom. The number of urea groups is 1. The second-order valence-corrected chi connectivity index (χ2v) is 3.26. The van der Waals surface area contributed by atoms with Crippen LogP contribution in [-0.4, -0.2) is 47.4 Å². The van der Waals surface area contributed by atoms with Gasteiger partial charge in [0.2, 0.25) is 0 Å². The predicted molar refractivity (Wildman–Crippen MR) is 51.3 cm³/mol. The monoisotopic (exact) mass is 228 g/mol. The molecule has 1 saturated heterocycles. The SMILES string of the molecule is CCCCOC(=O)N1C(=O)C(=O)N(C)C1=O. The summed E-state index contributed by atoms with van der Waals surface area (Å²) in [5.74, 6) is -2.20. The summed E-state index contributed by atoms with van der Waals surface area (Å²) in [7, 11) is 1.13. The first-order valence-electron chi connectivity index (χ1n) is 4.83. The molecule has 1 fully saturated rings. The summed E-state index contributed by atoms with van der Waals surface area (Å²) < 4.78 is 4.67. The average Bonchev–Trinajstić information content (AvgIpc) is 2.44. The van der Waals surface area contributed by atoms with Crippen LogP contribution in [0, 0.1) is 0 Å². The van der Waals surface area contributed by atoms with E-state index in [4.69, 9.17) is 0 Å². The maximum Gasteiger partial charge on any atom is 0.425 e. The van der Waals surface area contributed by atoms with Crippen LogP contribution in [0.1, 0.15) is 19.8 Å². The second kappa shape index (κ2) is 4.73. The summed E-state index contributed by atoms with van der Waals surface area (Å²) in [6, 6.07) is -0.975. The molecule has 0 spiro atoms. The zero-order valence-electron chi connectivity index (χ0n) is 9.06. The van der Waals surface area contributed by atoms with Gasteiger partial charge in [-0.2, -0.15) is 4.90 Å². The first-order chi connectivity index (χ1) is 7.50. The third-order valence-electron chi connectivity index (χ3n) is 2.07. The van der Waals surface area contributed by atoms with Crippen LogP contribution in [0.3, 0.4) is 0 Å². The van der Waals surface area contributed by atoms with Gasteiger partial charge in [0.25, 0.3) is 0 Å². The van der Waals surface area contributed by atoms with E-state index in [2.05, 4.69) is 4.74 Å². The molecule has 0 aliphatic carbocycles. The zero-order valence-corrected chi connectivity index (χ0v) is 9.06. The van der Waals surface area contributed by atoms with Crippen molar-refractivity contribution in [2.75, 3.05) is 13.7 Å². The third kappa shape index (κ3) is 2.02. The van der Waals surface area contributed by atoms with Crippen molar-refractivity contribution in [1.82, 2.24) is 9.80 Å². The van der Waals surface area contributed by atoms with Gasteiger partial charge in [-0.25, -0.2) is 9.59 Å². The van der Waals surface area contributed by atoms with Crippen LogP contribution in [0.25, 0.3) is 0 Å². The molecule has 88 valence electrons. The van der Waals surface area contributed by atoms with Gasteiger partial charge in [0, 0.05) is 7.05 Å². The van der Waals surface area contributed by atoms with Gasteiger partial charge in [-0.3, -0.25) is 14.5 Å². The number of hydrogen-bond donors (Lipinski definition) is 0. The van der Waals surface area contributed by atoms with Crippen LogP contribution >= 0.6 is 0 Å². The Balaban J connectivity index is 2.66. The highest BCUT2D eigenvalue weighted by atomic mass is 16.6. The van der Waals surface area contributed by atoms with Crippen molar-refractivity contribution >= 4 is 23.9 Å². The Morgan fingerprint density at radius 3 is 2.31 bits per heavy atom. The van der Waals surface area contributed by atoms with Gasteiger partial charge in [0.05, 0.1) is 6.61 Å². The van der Waals surface area contributed by atoms with Crippen molar-refractivity contribution in [1.29, 1.82) is 0 Å². The molecule has 0 aromatic heterocycles. The van der Waals surface area contributed by atoms with Crippen molar-refractivity contribution in [2.45, 2.75) is 19.8 Å². The van der Waals surface area contributed by atoms with Crippen LogP contribution in [-0.2, 0) is 14.3 Å². The Bertz CT molecular complexity index is 352. The Hall–Kier alpha value is -1.92. The van der Waals surface area contributed by atoms with Crippen molar-refractivity contribution < 1.29 is 23.9 Å². The molecule has 0 N–H and O–H groups in total. The highest BCUT2D eigenvalue weighted by Crippen LogP contribution is 2.11. The van der Waals surface area contributed by atoms with E-state index in [0.29, 0.717) is 11.3 Å². The molecule has 0 saturated carbocycles. The van der Waals surface area contributed by atoms with E-state index in [1.165, 1.54) is 0 Å². The molecule has 0 aromatic rings. The van der Waals surface area contributed by atoms with Crippen molar-refractivity contribution in [3.05, 3.63) is 0 Å². The molecule has 0 unspecified atom stereocenters. The maximum atomic E-state index is 11.3. The van der Waals surface area contributed by atoms with Gasteiger partial charge in [0.1, 0.15) is 0 Å². The molecule has 5 amide bonds. The number of likely N-dealkylation sites (N-methyl/N-ethyl adjacent to an activating group) is 1. The van der Waals surface area contributed by atoms with E-state index in [1.54, 1.807) is 0 Å². The van der Waals surface area contributed by atoms with Crippen LogP contribution < -0.4 is 0 Å². The molecule has 0 atom stereocenters. The van der Waals surface area contributed by atoms with E-state index < -0.39 is 23.9 Å². The number of carbonyl (C=O) groups excluding carboxylic acids is 4. The van der Waals surface area contributed by atoms with E-state index >= 15 is 0 Å². The van der Waals surface area contributed by atoms with Crippen molar-refractivity contribution in [3.8, 4) is 0 Å². The number of imide groups is 4. The van der Waals surface area contributed by atoms with E-state index in [1.807, 2.05) is 6.92 Å². The van der Waals surface area contributed by atoms with Gasteiger partial charge in [-0.05, 0) is 6.42 Å². The maximum absolute atomic E-state index is 11.3. The number of hydrogen-bond acceptors (Lipinski definition) is 5. The molecule has 1 rings (SSSR count). The van der Waals surface area contributed by atoms with Crippen LogP contribution in [0.2, 0.25) is 0 Å². The van der Waals surface area contributed by atoms with Crippen LogP contribution in [0.5, 0.6) is 0 Å². The smallest absolute Gasteiger partial charge is 0.425 e. The van der Waals surface area contributed by atoms with E-state index in [-0.39, 0.29) is 11.5 Å². The quantitative estimate of drug-likeness (QED) is 0.395. The summed E-state index contributed by atoms with van der Waals surface area (Å²) in [5, 5.41) is 0. The number of rotatable bonds is 3. The molecule has 0 aromatic carbocycles. The van der Waals surface area contributed by atoms with Crippen molar-refractivity contribution in [2.24, 2.45) is 0 Å². The van der Waals surface area contributed by atoms with Gasteiger partial charge in [-0.1, -0.05) is 13.3 Å². The van der Waals surface area contributed by atoms with Gasteiger partial charge in [0.15, 0.2) is 0 Å². The fourth-order valence-corrected chi connectivity index (χ4v) is 1.09. The lowest BCUT2D eigenvalue weighted by Crippen LogP contribution is -2.38. The lowest BCUT2D eigenvalue weighted by atomic mass is 10.4. The fraction of sp³-hybridized carbons (Fsp3) is 0.556. The van der Waals surface area contributed by atoms with Gasteiger partial charge >= 0.3 is 23.9 Å². The van der Waals surface area contributed by atoms with Gasteiger partial charge in [-0.15, -0.1) is 0 Å². The Kier molecular flexibility index (Phi) is 3.60. The number of ether oxygens (including phenoxy) is 1. The predicted octanol–water partition coefficient (Wildman–Crippen LogP) is 0.344. The molecule has 7 nitrogen and oxygen atoms in total. The molecule has 0 radical (unpaired) electrons. The Morgan fingerprint density at radius 1 is 1.25 bits per heavy atom. The largest absolute Gasteiger partial charge is 0.449 e. The summed E-state index contributed by atoms with van der Waals surface area (Å²) in [5.41, 5.74) is 0. The molecular weight excluding hydrogens is 216 g/mol. The highest BCUT2D eigenvalue weighted by molar-refractivity contribution is 6.47. The van der Waals surface area contributed by atoms with Crippen LogP contribution in [0.4, 0.5) is 9.59 Å². The van der Waals surface area contributed by atoms with Gasteiger partial charge < -0.3 is 4.74 Å². The molecule has 7 heteroatoms. The first-order valence-corrected chi connectivity index (χ1v) is 4.83. The Labute approximate surface area is 91.9 Å². The minimum atomic E-state index is -1.17. The minimum Gasteiger partial charge on any atom is -0.449 e. The highest BCUT2D eigenvalue weighted by Gasteiger charge is 2.47. The first kappa shape index (κ1) is 12.2. The number of unbranched alkanes of at least 4 members (excludes halogenated alkanes) is 1. The molecule has 1 aliphatic rings. The normalized spacial score (nSPS) is 16.0. The minimum absolute atomic E-state index is 0.115. The number of amides is 5.